The number of hydrogen-bond acceptors (Lipinski definition) is 4. The second-order valence-electron chi connectivity index (χ2n) is 8.48. The number of aliphatic hydroxyl groups excluding tert-OH is 1. The summed E-state index contributed by atoms with van der Waals surface area (Å²) in [7, 11) is 0. The number of piperidine rings is 2. The summed E-state index contributed by atoms with van der Waals surface area (Å²) in [6, 6.07) is 5.06. The van der Waals surface area contributed by atoms with Gasteiger partial charge in [0.15, 0.2) is 5.89 Å². The summed E-state index contributed by atoms with van der Waals surface area (Å²) in [5.41, 5.74) is 0.814. The predicted molar refractivity (Wildman–Crippen MR) is 107 cm³/mol. The van der Waals surface area contributed by atoms with Gasteiger partial charge in [-0.15, -0.1) is 0 Å². The summed E-state index contributed by atoms with van der Waals surface area (Å²) < 4.78 is 44.5. The van der Waals surface area contributed by atoms with Gasteiger partial charge in [-0.05, 0) is 43.9 Å². The standard InChI is InChI=1S/C22H26F3N3O3/c1-14-13-31-20(26-14)17-10-16(15-2-4-18(5-3-15)22(23,24)25)11-28(12-17)21(30)27-8-6-19(29)7-9-27/h2-5,13,16-17,19,29H,6-12H2,1H3. The van der Waals surface area contributed by atoms with E-state index in [0.29, 0.717) is 51.3 Å². The molecular formula is C22H26F3N3O3. The summed E-state index contributed by atoms with van der Waals surface area (Å²) in [6.07, 6.45) is -1.48. The SMILES string of the molecule is Cc1coc(C2CC(c3ccc(C(F)(F)F)cc3)CN(C(=O)N3CCC(O)CC3)C2)n1. The van der Waals surface area contributed by atoms with Crippen LogP contribution >= 0.6 is 0 Å². The molecule has 1 aromatic carbocycles. The molecule has 2 aliphatic heterocycles. The second-order valence-corrected chi connectivity index (χ2v) is 8.48. The maximum Gasteiger partial charge on any atom is 0.416 e. The highest BCUT2D eigenvalue weighted by Crippen LogP contribution is 2.37. The molecule has 2 aromatic rings. The van der Waals surface area contributed by atoms with Gasteiger partial charge in [0, 0.05) is 32.1 Å². The lowest BCUT2D eigenvalue weighted by molar-refractivity contribution is -0.137. The smallest absolute Gasteiger partial charge is 0.416 e. The molecular weight excluding hydrogens is 411 g/mol. The van der Waals surface area contributed by atoms with E-state index in [9.17, 15) is 23.1 Å². The van der Waals surface area contributed by atoms with Gasteiger partial charge in [0.05, 0.1) is 23.3 Å². The molecule has 2 unspecified atom stereocenters. The van der Waals surface area contributed by atoms with Crippen LogP contribution in [0.1, 0.15) is 53.8 Å². The number of benzene rings is 1. The van der Waals surface area contributed by atoms with E-state index in [1.165, 1.54) is 12.1 Å². The van der Waals surface area contributed by atoms with Crippen LogP contribution in [0.5, 0.6) is 0 Å². The van der Waals surface area contributed by atoms with Crippen LogP contribution in [0.4, 0.5) is 18.0 Å². The molecule has 9 heteroatoms. The number of nitrogens with zero attached hydrogens (tertiary/aromatic N) is 3. The highest BCUT2D eigenvalue weighted by molar-refractivity contribution is 5.75. The lowest BCUT2D eigenvalue weighted by Gasteiger charge is -2.41. The first-order chi connectivity index (χ1) is 14.7. The first kappa shape index (κ1) is 21.7. The van der Waals surface area contributed by atoms with E-state index in [2.05, 4.69) is 4.98 Å². The number of oxazole rings is 1. The lowest BCUT2D eigenvalue weighted by Crippen LogP contribution is -2.51. The van der Waals surface area contributed by atoms with Gasteiger partial charge in [0.2, 0.25) is 0 Å². The van der Waals surface area contributed by atoms with Gasteiger partial charge in [-0.25, -0.2) is 9.78 Å². The van der Waals surface area contributed by atoms with Crippen molar-refractivity contribution < 1.29 is 27.5 Å². The zero-order chi connectivity index (χ0) is 22.2. The number of aryl methyl sites for hydroxylation is 1. The van der Waals surface area contributed by atoms with Crippen molar-refractivity contribution in [2.24, 2.45) is 0 Å². The van der Waals surface area contributed by atoms with Crippen molar-refractivity contribution in [3.63, 3.8) is 0 Å². The van der Waals surface area contributed by atoms with Crippen molar-refractivity contribution in [3.05, 3.63) is 53.2 Å². The molecule has 2 amide bonds. The highest BCUT2D eigenvalue weighted by atomic mass is 19.4. The Morgan fingerprint density at radius 2 is 1.74 bits per heavy atom. The Balaban J connectivity index is 1.56. The van der Waals surface area contributed by atoms with Gasteiger partial charge >= 0.3 is 12.2 Å². The first-order valence-electron chi connectivity index (χ1n) is 10.5. The number of aliphatic hydroxyl groups is 1. The molecule has 4 rings (SSSR count). The average molecular weight is 437 g/mol. The fourth-order valence-electron chi connectivity index (χ4n) is 4.44. The minimum Gasteiger partial charge on any atom is -0.448 e. The third-order valence-corrected chi connectivity index (χ3v) is 6.15. The minimum atomic E-state index is -4.38. The molecule has 1 N–H and O–H groups in total. The quantitative estimate of drug-likeness (QED) is 0.766. The van der Waals surface area contributed by atoms with E-state index >= 15 is 0 Å². The Bertz CT molecular complexity index is 905. The van der Waals surface area contributed by atoms with Crippen LogP contribution in [0, 0.1) is 6.92 Å². The molecule has 2 aliphatic rings. The monoisotopic (exact) mass is 437 g/mol. The molecule has 1 aromatic heterocycles. The number of hydrogen-bond donors (Lipinski definition) is 1. The number of rotatable bonds is 2. The van der Waals surface area contributed by atoms with Crippen molar-refractivity contribution in [2.75, 3.05) is 26.2 Å². The Hall–Kier alpha value is -2.55. The summed E-state index contributed by atoms with van der Waals surface area (Å²) in [4.78, 5) is 21.1. The van der Waals surface area contributed by atoms with Crippen LogP contribution in [0.25, 0.3) is 0 Å². The van der Waals surface area contributed by atoms with Crippen LogP contribution in [0.2, 0.25) is 0 Å². The normalized spacial score (nSPS) is 23.3. The zero-order valence-electron chi connectivity index (χ0n) is 17.3. The molecule has 2 saturated heterocycles. The highest BCUT2D eigenvalue weighted by Gasteiger charge is 2.37. The fourth-order valence-corrected chi connectivity index (χ4v) is 4.44. The number of likely N-dealkylation sites (tertiary alicyclic amines) is 2. The lowest BCUT2D eigenvalue weighted by atomic mass is 9.84. The Kier molecular flexibility index (Phi) is 5.96. The summed E-state index contributed by atoms with van der Waals surface area (Å²) >= 11 is 0. The predicted octanol–water partition coefficient (Wildman–Crippen LogP) is 4.15. The van der Waals surface area contributed by atoms with E-state index in [-0.39, 0.29) is 24.0 Å². The van der Waals surface area contributed by atoms with Gasteiger partial charge < -0.3 is 19.3 Å². The van der Waals surface area contributed by atoms with Crippen LogP contribution in [0.15, 0.2) is 34.9 Å². The maximum atomic E-state index is 13.2. The molecule has 168 valence electrons. The number of amides is 2. The third-order valence-electron chi connectivity index (χ3n) is 6.15. The second kappa shape index (κ2) is 8.53. The summed E-state index contributed by atoms with van der Waals surface area (Å²) in [5.74, 6) is 0.266. The Morgan fingerprint density at radius 3 is 2.32 bits per heavy atom. The largest absolute Gasteiger partial charge is 0.448 e. The van der Waals surface area contributed by atoms with Crippen LogP contribution in [0.3, 0.4) is 0 Å². The molecule has 2 atom stereocenters. The third kappa shape index (κ3) is 4.87. The average Bonchev–Trinajstić information content (AvgIpc) is 3.19. The molecule has 0 aliphatic carbocycles. The Labute approximate surface area is 178 Å². The van der Waals surface area contributed by atoms with Gasteiger partial charge in [0.25, 0.3) is 0 Å². The molecule has 31 heavy (non-hydrogen) atoms. The van der Waals surface area contributed by atoms with Crippen molar-refractivity contribution in [1.82, 2.24) is 14.8 Å². The van der Waals surface area contributed by atoms with E-state index in [4.69, 9.17) is 4.42 Å². The number of aromatic nitrogens is 1. The van der Waals surface area contributed by atoms with Crippen molar-refractivity contribution in [3.8, 4) is 0 Å². The fraction of sp³-hybridized carbons (Fsp3) is 0.545. The molecule has 0 spiro atoms. The number of alkyl halides is 3. The van der Waals surface area contributed by atoms with Crippen LogP contribution in [-0.2, 0) is 6.18 Å². The zero-order valence-corrected chi connectivity index (χ0v) is 17.3. The number of halogens is 3. The number of urea groups is 1. The molecule has 6 nitrogen and oxygen atoms in total. The van der Waals surface area contributed by atoms with Gasteiger partial charge in [-0.2, -0.15) is 13.2 Å². The van der Waals surface area contributed by atoms with Crippen LogP contribution < -0.4 is 0 Å². The molecule has 3 heterocycles. The topological polar surface area (TPSA) is 69.8 Å². The van der Waals surface area contributed by atoms with Gasteiger partial charge in [-0.3, -0.25) is 0 Å². The molecule has 0 radical (unpaired) electrons. The summed E-state index contributed by atoms with van der Waals surface area (Å²) in [5, 5.41) is 9.73. The van der Waals surface area contributed by atoms with E-state index in [0.717, 1.165) is 23.4 Å². The Morgan fingerprint density at radius 1 is 1.10 bits per heavy atom. The molecule has 0 bridgehead atoms. The molecule has 2 fully saturated rings. The van der Waals surface area contributed by atoms with E-state index in [1.807, 2.05) is 6.92 Å². The van der Waals surface area contributed by atoms with Crippen LogP contribution in [-0.4, -0.2) is 58.2 Å². The van der Waals surface area contributed by atoms with Gasteiger partial charge in [0.1, 0.15) is 6.26 Å². The minimum absolute atomic E-state index is 0.114. The molecule has 0 saturated carbocycles. The number of carbonyl (C=O) groups is 1. The van der Waals surface area contributed by atoms with Crippen molar-refractivity contribution in [1.29, 1.82) is 0 Å². The van der Waals surface area contributed by atoms with E-state index in [1.54, 1.807) is 16.1 Å². The summed E-state index contributed by atoms with van der Waals surface area (Å²) in [6.45, 7) is 3.66. The first-order valence-corrected chi connectivity index (χ1v) is 10.5. The van der Waals surface area contributed by atoms with Crippen molar-refractivity contribution in [2.45, 2.75) is 50.3 Å². The van der Waals surface area contributed by atoms with Crippen molar-refractivity contribution >= 4 is 6.03 Å². The van der Waals surface area contributed by atoms with Gasteiger partial charge in [-0.1, -0.05) is 12.1 Å². The maximum absolute atomic E-state index is 13.2. The van der Waals surface area contributed by atoms with E-state index < -0.39 is 11.7 Å². The number of carbonyl (C=O) groups excluding carboxylic acids is 1.